The van der Waals surface area contributed by atoms with Crippen LogP contribution in [0.4, 0.5) is 0 Å². The van der Waals surface area contributed by atoms with E-state index in [1.165, 1.54) is 31.6 Å². The first-order valence-electron chi connectivity index (χ1n) is 12.8. The first-order valence-corrected chi connectivity index (χ1v) is 14.6. The van der Waals surface area contributed by atoms with E-state index < -0.39 is 10.0 Å². The van der Waals surface area contributed by atoms with Crippen LogP contribution in [0.3, 0.4) is 0 Å². The monoisotopic (exact) mass is 518 g/mol. The third kappa shape index (κ3) is 5.96. The number of rotatable bonds is 8. The Bertz CT molecular complexity index is 1120. The van der Waals surface area contributed by atoms with E-state index in [1.54, 1.807) is 12.1 Å². The van der Waals surface area contributed by atoms with E-state index in [0.717, 1.165) is 57.4 Å². The zero-order valence-corrected chi connectivity index (χ0v) is 21.9. The summed E-state index contributed by atoms with van der Waals surface area (Å²) in [5.74, 6) is 1.94. The molecule has 35 heavy (non-hydrogen) atoms. The summed E-state index contributed by atoms with van der Waals surface area (Å²) in [5, 5.41) is 0.375. The van der Waals surface area contributed by atoms with Crippen LogP contribution < -0.4 is 14.2 Å². The number of para-hydroxylation sites is 1. The first-order chi connectivity index (χ1) is 16.9. The molecule has 8 heteroatoms. The number of nitrogens with zero attached hydrogens (tertiary/aromatic N) is 1. The minimum Gasteiger partial charge on any atom is -0.495 e. The van der Waals surface area contributed by atoms with Gasteiger partial charge in [0.1, 0.15) is 16.4 Å². The van der Waals surface area contributed by atoms with Crippen molar-refractivity contribution in [2.45, 2.75) is 80.4 Å². The predicted octanol–water partition coefficient (Wildman–Crippen LogP) is 5.36. The van der Waals surface area contributed by atoms with Gasteiger partial charge in [0.15, 0.2) is 0 Å². The maximum Gasteiger partial charge on any atom is 0.244 e. The van der Waals surface area contributed by atoms with Gasteiger partial charge in [0.2, 0.25) is 10.0 Å². The minimum absolute atomic E-state index is 0.0658. The fourth-order valence-electron chi connectivity index (χ4n) is 5.57. The van der Waals surface area contributed by atoms with Crippen molar-refractivity contribution in [2.75, 3.05) is 20.2 Å². The number of benzene rings is 2. The molecule has 0 radical (unpaired) electrons. The summed E-state index contributed by atoms with van der Waals surface area (Å²) in [6, 6.07) is 13.7. The van der Waals surface area contributed by atoms with Gasteiger partial charge in [0, 0.05) is 17.1 Å². The molecule has 0 bridgehead atoms. The molecule has 2 saturated carbocycles. The quantitative estimate of drug-likeness (QED) is 0.509. The van der Waals surface area contributed by atoms with Gasteiger partial charge in [-0.25, -0.2) is 13.1 Å². The maximum absolute atomic E-state index is 13.0. The SMILES string of the molecule is COc1ccc(Cl)cc1S(=O)(=O)N[C@H]1CC[C@@H](N2CCC(c3ccccc3OC3CC3)CC2)CC1. The zero-order chi connectivity index (χ0) is 24.4. The Morgan fingerprint density at radius 3 is 2.31 bits per heavy atom. The average molecular weight is 519 g/mol. The molecule has 3 aliphatic rings. The van der Waals surface area contributed by atoms with Crippen LogP contribution in [-0.4, -0.2) is 51.7 Å². The molecule has 1 N–H and O–H groups in total. The van der Waals surface area contributed by atoms with E-state index in [0.29, 0.717) is 28.8 Å². The number of ether oxygens (including phenoxy) is 2. The topological polar surface area (TPSA) is 67.9 Å². The third-order valence-electron chi connectivity index (χ3n) is 7.66. The molecule has 1 aliphatic heterocycles. The van der Waals surface area contributed by atoms with Crippen LogP contribution in [0.5, 0.6) is 11.5 Å². The molecule has 0 aromatic heterocycles. The van der Waals surface area contributed by atoms with E-state index in [9.17, 15) is 8.42 Å². The van der Waals surface area contributed by atoms with Crippen molar-refractivity contribution in [3.63, 3.8) is 0 Å². The molecule has 2 aliphatic carbocycles. The maximum atomic E-state index is 13.0. The minimum atomic E-state index is -3.70. The van der Waals surface area contributed by atoms with Crippen LogP contribution >= 0.6 is 11.6 Å². The summed E-state index contributed by atoms with van der Waals surface area (Å²) in [6.45, 7) is 2.17. The highest BCUT2D eigenvalue weighted by molar-refractivity contribution is 7.89. The number of piperidine rings is 1. The Balaban J connectivity index is 1.13. The number of sulfonamides is 1. The van der Waals surface area contributed by atoms with E-state index >= 15 is 0 Å². The largest absolute Gasteiger partial charge is 0.495 e. The molecule has 2 aromatic carbocycles. The summed E-state index contributed by atoms with van der Waals surface area (Å²) in [6.07, 6.45) is 8.76. The molecule has 6 nitrogen and oxygen atoms in total. The summed E-state index contributed by atoms with van der Waals surface area (Å²) in [4.78, 5) is 2.72. The molecule has 2 aromatic rings. The Morgan fingerprint density at radius 2 is 1.63 bits per heavy atom. The second-order valence-electron chi connectivity index (χ2n) is 10.1. The Kier molecular flexibility index (Phi) is 7.58. The van der Waals surface area contributed by atoms with E-state index in [4.69, 9.17) is 21.1 Å². The second-order valence-corrected chi connectivity index (χ2v) is 12.2. The van der Waals surface area contributed by atoms with Gasteiger partial charge in [-0.05, 0) is 100 Å². The van der Waals surface area contributed by atoms with Crippen LogP contribution in [0.1, 0.15) is 62.8 Å². The summed E-state index contributed by atoms with van der Waals surface area (Å²) >= 11 is 6.05. The smallest absolute Gasteiger partial charge is 0.244 e. The second kappa shape index (κ2) is 10.7. The first kappa shape index (κ1) is 24.9. The molecule has 0 spiro atoms. The van der Waals surface area contributed by atoms with Crippen molar-refractivity contribution in [2.24, 2.45) is 0 Å². The number of likely N-dealkylation sites (tertiary alicyclic amines) is 1. The van der Waals surface area contributed by atoms with Gasteiger partial charge in [-0.2, -0.15) is 0 Å². The van der Waals surface area contributed by atoms with E-state index in [-0.39, 0.29) is 10.9 Å². The fraction of sp³-hybridized carbons (Fsp3) is 0.556. The lowest BCUT2D eigenvalue weighted by molar-refractivity contribution is 0.115. The Labute approximate surface area is 214 Å². The van der Waals surface area contributed by atoms with Crippen molar-refractivity contribution in [1.82, 2.24) is 9.62 Å². The molecular formula is C27H35ClN2O4S. The molecule has 5 rings (SSSR count). The third-order valence-corrected chi connectivity index (χ3v) is 9.43. The van der Waals surface area contributed by atoms with Gasteiger partial charge in [-0.3, -0.25) is 0 Å². The van der Waals surface area contributed by atoms with Gasteiger partial charge in [-0.15, -0.1) is 0 Å². The Morgan fingerprint density at radius 1 is 0.914 bits per heavy atom. The van der Waals surface area contributed by atoms with Crippen molar-refractivity contribution < 1.29 is 17.9 Å². The molecule has 3 fully saturated rings. The van der Waals surface area contributed by atoms with Crippen molar-refractivity contribution >= 4 is 21.6 Å². The molecule has 0 unspecified atom stereocenters. The normalized spacial score (nSPS) is 24.3. The lowest BCUT2D eigenvalue weighted by atomic mass is 9.85. The number of hydrogen-bond acceptors (Lipinski definition) is 5. The van der Waals surface area contributed by atoms with Gasteiger partial charge in [-0.1, -0.05) is 29.8 Å². The lowest BCUT2D eigenvalue weighted by Crippen LogP contribution is -2.46. The molecule has 0 atom stereocenters. The highest BCUT2D eigenvalue weighted by Crippen LogP contribution is 2.38. The van der Waals surface area contributed by atoms with Crippen LogP contribution in [-0.2, 0) is 10.0 Å². The van der Waals surface area contributed by atoms with E-state index in [1.807, 2.05) is 0 Å². The number of hydrogen-bond donors (Lipinski definition) is 1. The Hall–Kier alpha value is -1.80. The summed E-state index contributed by atoms with van der Waals surface area (Å²) < 4.78 is 40.3. The average Bonchev–Trinajstić information content (AvgIpc) is 3.69. The molecule has 0 amide bonds. The predicted molar refractivity (Wildman–Crippen MR) is 138 cm³/mol. The number of methoxy groups -OCH3 is 1. The van der Waals surface area contributed by atoms with Crippen LogP contribution in [0.2, 0.25) is 5.02 Å². The summed E-state index contributed by atoms with van der Waals surface area (Å²) in [5.41, 5.74) is 1.37. The van der Waals surface area contributed by atoms with Crippen LogP contribution in [0.25, 0.3) is 0 Å². The highest BCUT2D eigenvalue weighted by atomic mass is 35.5. The highest BCUT2D eigenvalue weighted by Gasteiger charge is 2.33. The zero-order valence-electron chi connectivity index (χ0n) is 20.3. The molecule has 1 saturated heterocycles. The molecule has 190 valence electrons. The molecule has 1 heterocycles. The van der Waals surface area contributed by atoms with Crippen LogP contribution in [0, 0.1) is 0 Å². The van der Waals surface area contributed by atoms with Gasteiger partial charge >= 0.3 is 0 Å². The lowest BCUT2D eigenvalue weighted by Gasteiger charge is -2.41. The van der Waals surface area contributed by atoms with Crippen molar-refractivity contribution in [3.05, 3.63) is 53.1 Å². The summed E-state index contributed by atoms with van der Waals surface area (Å²) in [7, 11) is -2.23. The standard InChI is InChI=1S/C27H35ClN2O4S/c1-33-26-13-6-20(28)18-27(26)35(31,32)29-21-7-9-22(10-8-21)30-16-14-19(15-17-30)24-4-2-3-5-25(24)34-23-11-12-23/h2-6,13,18-19,21-23,29H,7-12,14-17H2,1H3/t21-,22+. The van der Waals surface area contributed by atoms with Gasteiger partial charge in [0.25, 0.3) is 0 Å². The van der Waals surface area contributed by atoms with Crippen LogP contribution in [0.15, 0.2) is 47.4 Å². The van der Waals surface area contributed by atoms with E-state index in [2.05, 4.69) is 33.9 Å². The molecular weight excluding hydrogens is 484 g/mol. The van der Waals surface area contributed by atoms with Crippen molar-refractivity contribution in [3.8, 4) is 11.5 Å². The fourth-order valence-corrected chi connectivity index (χ4v) is 7.31. The van der Waals surface area contributed by atoms with Gasteiger partial charge < -0.3 is 14.4 Å². The number of halogens is 1. The van der Waals surface area contributed by atoms with Gasteiger partial charge in [0.05, 0.1) is 13.2 Å². The van der Waals surface area contributed by atoms with Crippen molar-refractivity contribution in [1.29, 1.82) is 0 Å². The number of nitrogens with one attached hydrogen (secondary N) is 1.